The minimum absolute atomic E-state index is 0.459. The van der Waals surface area contributed by atoms with Gasteiger partial charge in [-0.1, -0.05) is 30.3 Å². The Labute approximate surface area is 135 Å². The van der Waals surface area contributed by atoms with Crippen molar-refractivity contribution in [1.82, 2.24) is 9.47 Å². The van der Waals surface area contributed by atoms with E-state index < -0.39 is 0 Å². The number of benzene rings is 1. The van der Waals surface area contributed by atoms with Gasteiger partial charge in [-0.05, 0) is 58.4 Å². The summed E-state index contributed by atoms with van der Waals surface area (Å²) in [4.78, 5) is 2.58. The number of hydrogen-bond donors (Lipinski definition) is 0. The second-order valence-electron chi connectivity index (χ2n) is 6.72. The zero-order chi connectivity index (χ0) is 16.1. The molecule has 0 saturated heterocycles. The Morgan fingerprint density at radius 3 is 2.05 bits per heavy atom. The molecule has 0 N–H and O–H groups in total. The van der Waals surface area contributed by atoms with Crippen molar-refractivity contribution in [2.24, 2.45) is 7.05 Å². The van der Waals surface area contributed by atoms with Crippen molar-refractivity contribution in [3.8, 4) is 0 Å². The third-order valence-electron chi connectivity index (χ3n) is 4.55. The molecule has 0 bridgehead atoms. The van der Waals surface area contributed by atoms with Crippen LogP contribution in [0.3, 0.4) is 0 Å². The highest BCUT2D eigenvalue weighted by atomic mass is 15.2. The largest absolute Gasteiger partial charge is 0.354 e. The van der Waals surface area contributed by atoms with Crippen molar-refractivity contribution in [3.05, 3.63) is 59.9 Å². The van der Waals surface area contributed by atoms with Crippen LogP contribution in [0.5, 0.6) is 0 Å². The molecule has 1 aromatic carbocycles. The fraction of sp³-hybridized carbons (Fsp3) is 0.500. The molecule has 2 nitrogen and oxygen atoms in total. The molecule has 0 fully saturated rings. The molecule has 1 atom stereocenters. The van der Waals surface area contributed by atoms with Crippen LogP contribution in [0, 0.1) is 0 Å². The summed E-state index contributed by atoms with van der Waals surface area (Å²) in [5.74, 6) is 0.459. The maximum Gasteiger partial charge on any atom is 0.0255 e. The third kappa shape index (κ3) is 4.01. The van der Waals surface area contributed by atoms with Crippen molar-refractivity contribution in [2.75, 3.05) is 6.54 Å². The Bertz CT molecular complexity index is 546. The Kier molecular flexibility index (Phi) is 5.84. The van der Waals surface area contributed by atoms with E-state index in [1.165, 1.54) is 11.3 Å². The van der Waals surface area contributed by atoms with Crippen LogP contribution >= 0.6 is 0 Å². The molecule has 2 aromatic rings. The van der Waals surface area contributed by atoms with E-state index in [1.807, 2.05) is 0 Å². The average molecular weight is 298 g/mol. The van der Waals surface area contributed by atoms with Crippen LogP contribution < -0.4 is 0 Å². The summed E-state index contributed by atoms with van der Waals surface area (Å²) >= 11 is 0. The zero-order valence-corrected chi connectivity index (χ0v) is 14.7. The highest BCUT2D eigenvalue weighted by Gasteiger charge is 2.20. The molecule has 0 saturated carbocycles. The molecule has 2 heteroatoms. The molecule has 120 valence electrons. The lowest BCUT2D eigenvalue weighted by molar-refractivity contribution is 0.170. The first-order valence-electron chi connectivity index (χ1n) is 8.42. The van der Waals surface area contributed by atoms with Gasteiger partial charge in [-0.15, -0.1) is 0 Å². The van der Waals surface area contributed by atoms with Gasteiger partial charge in [-0.25, -0.2) is 0 Å². The molecular formula is C20H30N2. The van der Waals surface area contributed by atoms with Gasteiger partial charge in [0, 0.05) is 36.9 Å². The van der Waals surface area contributed by atoms with Crippen molar-refractivity contribution < 1.29 is 0 Å². The van der Waals surface area contributed by atoms with Gasteiger partial charge in [0.25, 0.3) is 0 Å². The quantitative estimate of drug-likeness (QED) is 0.721. The van der Waals surface area contributed by atoms with Crippen LogP contribution in [-0.2, 0) is 7.05 Å². The normalized spacial score (nSPS) is 13.3. The first-order valence-corrected chi connectivity index (χ1v) is 8.42. The van der Waals surface area contributed by atoms with Gasteiger partial charge in [-0.3, -0.25) is 4.90 Å². The van der Waals surface area contributed by atoms with Crippen molar-refractivity contribution in [3.63, 3.8) is 0 Å². The van der Waals surface area contributed by atoms with Crippen molar-refractivity contribution >= 4 is 0 Å². The highest BCUT2D eigenvalue weighted by Crippen LogP contribution is 2.28. The van der Waals surface area contributed by atoms with Crippen LogP contribution in [-0.4, -0.2) is 28.1 Å². The average Bonchev–Trinajstić information content (AvgIpc) is 2.89. The number of hydrogen-bond acceptors (Lipinski definition) is 1. The van der Waals surface area contributed by atoms with Gasteiger partial charge in [0.1, 0.15) is 0 Å². The molecule has 1 aromatic heterocycles. The van der Waals surface area contributed by atoms with E-state index in [1.54, 1.807) is 0 Å². The van der Waals surface area contributed by atoms with E-state index in [0.717, 1.165) is 13.0 Å². The summed E-state index contributed by atoms with van der Waals surface area (Å²) in [6, 6.07) is 16.5. The van der Waals surface area contributed by atoms with Gasteiger partial charge in [-0.2, -0.15) is 0 Å². The lowest BCUT2D eigenvalue weighted by Gasteiger charge is -2.32. The van der Waals surface area contributed by atoms with E-state index in [4.69, 9.17) is 0 Å². The maximum atomic E-state index is 2.58. The minimum atomic E-state index is 0.459. The summed E-state index contributed by atoms with van der Waals surface area (Å²) in [5, 5.41) is 0. The monoisotopic (exact) mass is 298 g/mol. The van der Waals surface area contributed by atoms with Gasteiger partial charge in [0.2, 0.25) is 0 Å². The topological polar surface area (TPSA) is 8.17 Å². The molecule has 22 heavy (non-hydrogen) atoms. The fourth-order valence-corrected chi connectivity index (χ4v) is 3.40. The van der Waals surface area contributed by atoms with Gasteiger partial charge in [0.05, 0.1) is 0 Å². The smallest absolute Gasteiger partial charge is 0.0255 e. The van der Waals surface area contributed by atoms with Crippen LogP contribution in [0.4, 0.5) is 0 Å². The zero-order valence-electron chi connectivity index (χ0n) is 14.7. The molecular weight excluding hydrogens is 268 g/mol. The first-order chi connectivity index (χ1) is 10.5. The summed E-state index contributed by atoms with van der Waals surface area (Å²) in [7, 11) is 2.15. The molecule has 0 aliphatic carbocycles. The highest BCUT2D eigenvalue weighted by molar-refractivity contribution is 5.29. The molecule has 0 amide bonds. The van der Waals surface area contributed by atoms with E-state index >= 15 is 0 Å². The van der Waals surface area contributed by atoms with Gasteiger partial charge in [0.15, 0.2) is 0 Å². The number of aromatic nitrogens is 1. The summed E-state index contributed by atoms with van der Waals surface area (Å²) < 4.78 is 2.26. The lowest BCUT2D eigenvalue weighted by atomic mass is 9.92. The van der Waals surface area contributed by atoms with Crippen molar-refractivity contribution in [2.45, 2.75) is 52.1 Å². The molecule has 2 rings (SSSR count). The Morgan fingerprint density at radius 1 is 0.909 bits per heavy atom. The van der Waals surface area contributed by atoms with E-state index in [9.17, 15) is 0 Å². The predicted octanol–water partition coefficient (Wildman–Crippen LogP) is 4.67. The SMILES string of the molecule is CC(C)N(CCC(c1ccccc1)c1cccn1C)C(C)C. The molecule has 0 spiro atoms. The predicted molar refractivity (Wildman–Crippen MR) is 95.3 cm³/mol. The standard InChI is InChI=1S/C20H30N2/c1-16(2)22(17(3)4)15-13-19(18-10-7-6-8-11-18)20-12-9-14-21(20)5/h6-12,14,16-17,19H,13,15H2,1-5H3. The summed E-state index contributed by atoms with van der Waals surface area (Å²) in [6.07, 6.45) is 3.30. The van der Waals surface area contributed by atoms with Gasteiger partial charge < -0.3 is 4.57 Å². The molecule has 0 aliphatic heterocycles. The van der Waals surface area contributed by atoms with E-state index in [0.29, 0.717) is 18.0 Å². The van der Waals surface area contributed by atoms with E-state index in [-0.39, 0.29) is 0 Å². The number of nitrogens with zero attached hydrogens (tertiary/aromatic N) is 2. The second-order valence-corrected chi connectivity index (χ2v) is 6.72. The Hall–Kier alpha value is -1.54. The molecule has 0 radical (unpaired) electrons. The van der Waals surface area contributed by atoms with Crippen LogP contribution in [0.1, 0.15) is 51.3 Å². The summed E-state index contributed by atoms with van der Waals surface area (Å²) in [5.41, 5.74) is 2.82. The number of aryl methyl sites for hydroxylation is 1. The van der Waals surface area contributed by atoms with Gasteiger partial charge >= 0.3 is 0 Å². The van der Waals surface area contributed by atoms with Crippen LogP contribution in [0.25, 0.3) is 0 Å². The first kappa shape index (κ1) is 16.8. The lowest BCUT2D eigenvalue weighted by Crippen LogP contribution is -2.38. The summed E-state index contributed by atoms with van der Waals surface area (Å²) in [6.45, 7) is 10.3. The Balaban J connectivity index is 2.21. The van der Waals surface area contributed by atoms with Crippen molar-refractivity contribution in [1.29, 1.82) is 0 Å². The van der Waals surface area contributed by atoms with Crippen LogP contribution in [0.15, 0.2) is 48.7 Å². The Morgan fingerprint density at radius 2 is 1.55 bits per heavy atom. The fourth-order valence-electron chi connectivity index (χ4n) is 3.40. The third-order valence-corrected chi connectivity index (χ3v) is 4.55. The van der Waals surface area contributed by atoms with E-state index in [2.05, 4.69) is 92.9 Å². The number of rotatable bonds is 7. The minimum Gasteiger partial charge on any atom is -0.354 e. The van der Waals surface area contributed by atoms with Crippen LogP contribution in [0.2, 0.25) is 0 Å². The molecule has 0 aliphatic rings. The molecule has 1 unspecified atom stereocenters. The molecule has 1 heterocycles. The maximum absolute atomic E-state index is 2.58. The second kappa shape index (κ2) is 7.64.